The summed E-state index contributed by atoms with van der Waals surface area (Å²) in [7, 11) is 1.62. The molecule has 0 fully saturated rings. The lowest BCUT2D eigenvalue weighted by atomic mass is 10.2. The van der Waals surface area contributed by atoms with Crippen molar-refractivity contribution in [3.8, 4) is 5.75 Å². The van der Waals surface area contributed by atoms with Crippen LogP contribution < -0.4 is 15.4 Å². The number of nitrogens with zero attached hydrogens (tertiary/aromatic N) is 2. The molecule has 0 aliphatic carbocycles. The third-order valence-corrected chi connectivity index (χ3v) is 5.27. The molecule has 0 unspecified atom stereocenters. The minimum Gasteiger partial charge on any atom is -0.497 e. The molecule has 7 nitrogen and oxygen atoms in total. The zero-order valence-electron chi connectivity index (χ0n) is 15.6. The van der Waals surface area contributed by atoms with Crippen molar-refractivity contribution in [2.75, 3.05) is 12.4 Å². The first-order valence-electron chi connectivity index (χ1n) is 8.96. The number of carbonyl (C=O) groups excluding carboxylic acids is 2. The minimum atomic E-state index is -0.148. The van der Waals surface area contributed by atoms with Crippen molar-refractivity contribution < 1.29 is 14.3 Å². The molecular weight excluding hydrogens is 364 g/mol. The number of benzene rings is 1. The van der Waals surface area contributed by atoms with Crippen LogP contribution in [0.2, 0.25) is 0 Å². The van der Waals surface area contributed by atoms with Gasteiger partial charge in [-0.05, 0) is 24.1 Å². The maximum Gasteiger partial charge on any atom is 0.242 e. The van der Waals surface area contributed by atoms with E-state index in [4.69, 9.17) is 4.74 Å². The van der Waals surface area contributed by atoms with Gasteiger partial charge in [0, 0.05) is 30.0 Å². The van der Waals surface area contributed by atoms with Crippen LogP contribution in [0.4, 0.5) is 5.82 Å². The highest BCUT2D eigenvalue weighted by Gasteiger charge is 2.24. The predicted molar refractivity (Wildman–Crippen MR) is 106 cm³/mol. The SMILES string of the molecule is CCCC(=O)Nc1c2c(nn1CC(=O)NCc1ccc(OC)cc1)CSC2. The van der Waals surface area contributed by atoms with Gasteiger partial charge in [-0.1, -0.05) is 19.1 Å². The highest BCUT2D eigenvalue weighted by Crippen LogP contribution is 2.34. The molecule has 2 N–H and O–H groups in total. The monoisotopic (exact) mass is 388 g/mol. The Morgan fingerprint density at radius 1 is 1.22 bits per heavy atom. The van der Waals surface area contributed by atoms with Crippen LogP contribution in [0.15, 0.2) is 24.3 Å². The van der Waals surface area contributed by atoms with Crippen LogP contribution in [-0.2, 0) is 34.2 Å². The van der Waals surface area contributed by atoms with E-state index in [-0.39, 0.29) is 18.4 Å². The molecule has 0 atom stereocenters. The second-order valence-corrected chi connectivity index (χ2v) is 7.33. The van der Waals surface area contributed by atoms with Crippen molar-refractivity contribution in [2.24, 2.45) is 0 Å². The smallest absolute Gasteiger partial charge is 0.242 e. The summed E-state index contributed by atoms with van der Waals surface area (Å²) in [5.41, 5.74) is 2.97. The summed E-state index contributed by atoms with van der Waals surface area (Å²) in [5, 5.41) is 10.4. The number of anilines is 1. The van der Waals surface area contributed by atoms with E-state index >= 15 is 0 Å². The number of hydrogen-bond donors (Lipinski definition) is 2. The highest BCUT2D eigenvalue weighted by atomic mass is 32.2. The Hall–Kier alpha value is -2.48. The zero-order chi connectivity index (χ0) is 19.2. The van der Waals surface area contributed by atoms with Crippen molar-refractivity contribution in [3.63, 3.8) is 0 Å². The third kappa shape index (κ3) is 4.82. The Bertz CT molecular complexity index is 817. The van der Waals surface area contributed by atoms with Crippen LogP contribution in [0.1, 0.15) is 36.6 Å². The molecule has 2 aromatic rings. The van der Waals surface area contributed by atoms with E-state index in [1.165, 1.54) is 0 Å². The van der Waals surface area contributed by atoms with Crippen molar-refractivity contribution in [1.82, 2.24) is 15.1 Å². The zero-order valence-corrected chi connectivity index (χ0v) is 16.4. The summed E-state index contributed by atoms with van der Waals surface area (Å²) in [6, 6.07) is 7.54. The van der Waals surface area contributed by atoms with Crippen molar-refractivity contribution >= 4 is 29.4 Å². The van der Waals surface area contributed by atoms with E-state index in [0.29, 0.717) is 18.8 Å². The second-order valence-electron chi connectivity index (χ2n) is 6.35. The Morgan fingerprint density at radius 2 is 2.00 bits per heavy atom. The Morgan fingerprint density at radius 3 is 2.70 bits per heavy atom. The molecule has 1 aromatic heterocycles. The van der Waals surface area contributed by atoms with Crippen molar-refractivity contribution in [3.05, 3.63) is 41.1 Å². The molecule has 2 heterocycles. The number of ether oxygens (including phenoxy) is 1. The third-order valence-electron chi connectivity index (χ3n) is 4.30. The van der Waals surface area contributed by atoms with E-state index in [1.807, 2.05) is 31.2 Å². The molecule has 1 aromatic carbocycles. The molecule has 0 spiro atoms. The van der Waals surface area contributed by atoms with Gasteiger partial charge in [0.1, 0.15) is 18.1 Å². The van der Waals surface area contributed by atoms with Gasteiger partial charge < -0.3 is 15.4 Å². The number of fused-ring (bicyclic) bond motifs is 1. The first kappa shape index (κ1) is 19.3. The van der Waals surface area contributed by atoms with Gasteiger partial charge in [-0.3, -0.25) is 9.59 Å². The van der Waals surface area contributed by atoms with Crippen LogP contribution >= 0.6 is 11.8 Å². The van der Waals surface area contributed by atoms with E-state index in [0.717, 1.165) is 40.5 Å². The second kappa shape index (κ2) is 8.94. The molecular formula is C19H24N4O3S. The van der Waals surface area contributed by atoms with Gasteiger partial charge in [0.05, 0.1) is 12.8 Å². The number of hydrogen-bond acceptors (Lipinski definition) is 5. The van der Waals surface area contributed by atoms with Gasteiger partial charge in [0.2, 0.25) is 11.8 Å². The normalized spacial score (nSPS) is 12.5. The summed E-state index contributed by atoms with van der Waals surface area (Å²) in [4.78, 5) is 24.4. The quantitative estimate of drug-likeness (QED) is 0.726. The Balaban J connectivity index is 1.63. The van der Waals surface area contributed by atoms with Gasteiger partial charge in [0.25, 0.3) is 0 Å². The van der Waals surface area contributed by atoms with Crippen LogP contribution in [0.25, 0.3) is 0 Å². The molecule has 0 bridgehead atoms. The first-order valence-corrected chi connectivity index (χ1v) is 10.1. The number of amides is 2. The molecule has 1 aliphatic heterocycles. The predicted octanol–water partition coefficient (Wildman–Crippen LogP) is 2.69. The maximum atomic E-state index is 12.4. The lowest BCUT2D eigenvalue weighted by molar-refractivity contribution is -0.122. The summed E-state index contributed by atoms with van der Waals surface area (Å²) in [6.07, 6.45) is 1.23. The molecule has 2 amide bonds. The van der Waals surface area contributed by atoms with Crippen molar-refractivity contribution in [1.29, 1.82) is 0 Å². The molecule has 0 saturated heterocycles. The summed E-state index contributed by atoms with van der Waals surface area (Å²) in [5.74, 6) is 2.87. The maximum absolute atomic E-state index is 12.4. The van der Waals surface area contributed by atoms with Crippen LogP contribution in [0, 0.1) is 0 Å². The number of nitrogens with one attached hydrogen (secondary N) is 2. The molecule has 8 heteroatoms. The highest BCUT2D eigenvalue weighted by molar-refractivity contribution is 7.98. The van der Waals surface area contributed by atoms with E-state index in [1.54, 1.807) is 23.6 Å². The Kier molecular flexibility index (Phi) is 6.39. The van der Waals surface area contributed by atoms with Crippen molar-refractivity contribution in [2.45, 2.75) is 44.4 Å². The van der Waals surface area contributed by atoms with Gasteiger partial charge in [0.15, 0.2) is 0 Å². The van der Waals surface area contributed by atoms with Gasteiger partial charge in [-0.25, -0.2) is 4.68 Å². The molecule has 27 heavy (non-hydrogen) atoms. The van der Waals surface area contributed by atoms with Gasteiger partial charge in [-0.15, -0.1) is 0 Å². The molecule has 144 valence electrons. The number of carbonyl (C=O) groups is 2. The molecule has 1 aliphatic rings. The fourth-order valence-electron chi connectivity index (χ4n) is 2.88. The largest absolute Gasteiger partial charge is 0.497 e. The van der Waals surface area contributed by atoms with Gasteiger partial charge in [-0.2, -0.15) is 16.9 Å². The average Bonchev–Trinajstić information content (AvgIpc) is 3.23. The topological polar surface area (TPSA) is 85.2 Å². The standard InChI is InChI=1S/C19H24N4O3S/c1-3-4-17(24)21-19-15-11-27-12-16(15)22-23(19)10-18(25)20-9-13-5-7-14(26-2)8-6-13/h5-8H,3-4,9-12H2,1-2H3,(H,20,25)(H,21,24). The lowest BCUT2D eigenvalue weighted by Crippen LogP contribution is -2.28. The summed E-state index contributed by atoms with van der Waals surface area (Å²) in [6.45, 7) is 2.47. The lowest BCUT2D eigenvalue weighted by Gasteiger charge is -2.11. The number of thioether (sulfide) groups is 1. The molecule has 3 rings (SSSR count). The van der Waals surface area contributed by atoms with E-state index in [9.17, 15) is 9.59 Å². The minimum absolute atomic E-state index is 0.0445. The fourth-order valence-corrected chi connectivity index (χ4v) is 3.91. The molecule has 0 saturated carbocycles. The average molecular weight is 388 g/mol. The van der Waals surface area contributed by atoms with Gasteiger partial charge >= 0.3 is 0 Å². The summed E-state index contributed by atoms with van der Waals surface area (Å²) < 4.78 is 6.74. The first-order chi connectivity index (χ1) is 13.1. The van der Waals surface area contributed by atoms with E-state index in [2.05, 4.69) is 15.7 Å². The van der Waals surface area contributed by atoms with Crippen LogP contribution in [0.5, 0.6) is 5.75 Å². The fraction of sp³-hybridized carbons (Fsp3) is 0.421. The number of aromatic nitrogens is 2. The summed E-state index contributed by atoms with van der Waals surface area (Å²) >= 11 is 1.76. The van der Waals surface area contributed by atoms with Crippen LogP contribution in [-0.4, -0.2) is 28.7 Å². The number of rotatable bonds is 8. The molecule has 0 radical (unpaired) electrons. The Labute approximate surface area is 162 Å². The van der Waals surface area contributed by atoms with Crippen LogP contribution in [0.3, 0.4) is 0 Å². The number of methoxy groups -OCH3 is 1. The van der Waals surface area contributed by atoms with E-state index < -0.39 is 0 Å².